The van der Waals surface area contributed by atoms with Crippen LogP contribution in [0.4, 0.5) is 23.4 Å². The molecule has 32 heavy (non-hydrogen) atoms. The fraction of sp³-hybridized carbons (Fsp3) is 0.292. The number of rotatable bonds is 6. The first-order valence-corrected chi connectivity index (χ1v) is 10.4. The molecule has 0 aliphatic rings. The van der Waals surface area contributed by atoms with Crippen LogP contribution in [0.5, 0.6) is 0 Å². The Morgan fingerprint density at radius 2 is 1.78 bits per heavy atom. The predicted octanol–water partition coefficient (Wildman–Crippen LogP) is 7.11. The van der Waals surface area contributed by atoms with Crippen molar-refractivity contribution in [2.75, 3.05) is 5.32 Å². The number of nitrogens with zero attached hydrogens (tertiary/aromatic N) is 1. The van der Waals surface area contributed by atoms with Crippen LogP contribution < -0.4 is 5.32 Å². The van der Waals surface area contributed by atoms with Crippen molar-refractivity contribution >= 4 is 23.3 Å². The molecular formula is C24H23ClF4N2O. The number of alkyl halides is 3. The van der Waals surface area contributed by atoms with Gasteiger partial charge in [-0.1, -0.05) is 37.6 Å². The lowest BCUT2D eigenvalue weighted by atomic mass is 10.0. The van der Waals surface area contributed by atoms with Crippen LogP contribution in [0, 0.1) is 18.7 Å². The minimum atomic E-state index is -4.70. The molecule has 3 nitrogen and oxygen atoms in total. The highest BCUT2D eigenvalue weighted by atomic mass is 35.5. The zero-order valence-corrected chi connectivity index (χ0v) is 18.6. The van der Waals surface area contributed by atoms with Crippen LogP contribution in [0.2, 0.25) is 5.02 Å². The Balaban J connectivity index is 1.94. The molecule has 0 saturated carbocycles. The van der Waals surface area contributed by atoms with Crippen LogP contribution in [-0.4, -0.2) is 10.5 Å². The molecule has 0 unspecified atom stereocenters. The van der Waals surface area contributed by atoms with E-state index in [4.69, 9.17) is 11.6 Å². The fourth-order valence-electron chi connectivity index (χ4n) is 3.62. The third-order valence-electron chi connectivity index (χ3n) is 4.87. The molecule has 0 saturated heterocycles. The molecule has 1 amide bonds. The predicted molar refractivity (Wildman–Crippen MR) is 118 cm³/mol. The molecule has 1 heterocycles. The highest BCUT2D eigenvalue weighted by molar-refractivity contribution is 6.30. The van der Waals surface area contributed by atoms with Crippen molar-refractivity contribution in [2.24, 2.45) is 5.92 Å². The SMILES string of the molecule is Cc1cn(CC(C)C)c(NC(=O)Cc2cc(F)cc(C(F)(F)F)c2)c1-c1ccc(Cl)cc1. The maximum atomic E-state index is 13.7. The number of benzene rings is 2. The van der Waals surface area contributed by atoms with Crippen molar-refractivity contribution in [3.8, 4) is 11.1 Å². The van der Waals surface area contributed by atoms with E-state index in [0.717, 1.165) is 28.8 Å². The number of aryl methyl sites for hydroxylation is 1. The molecule has 170 valence electrons. The Kier molecular flexibility index (Phi) is 6.98. The van der Waals surface area contributed by atoms with Gasteiger partial charge in [-0.05, 0) is 59.9 Å². The zero-order chi connectivity index (χ0) is 23.6. The number of carbonyl (C=O) groups excluding carboxylic acids is 1. The van der Waals surface area contributed by atoms with Gasteiger partial charge < -0.3 is 9.88 Å². The molecule has 8 heteroatoms. The first kappa shape index (κ1) is 23.9. The molecule has 1 aromatic heterocycles. The van der Waals surface area contributed by atoms with Gasteiger partial charge in [0, 0.05) is 23.3 Å². The molecule has 0 aliphatic heterocycles. The summed E-state index contributed by atoms with van der Waals surface area (Å²) in [6, 6.07) is 9.30. The number of amides is 1. The second-order valence-corrected chi connectivity index (χ2v) is 8.60. The lowest BCUT2D eigenvalue weighted by Crippen LogP contribution is -2.19. The van der Waals surface area contributed by atoms with Crippen LogP contribution >= 0.6 is 11.6 Å². The first-order chi connectivity index (χ1) is 14.9. The van der Waals surface area contributed by atoms with Crippen molar-refractivity contribution in [3.63, 3.8) is 0 Å². The first-order valence-electron chi connectivity index (χ1n) is 10.1. The van der Waals surface area contributed by atoms with E-state index in [9.17, 15) is 22.4 Å². The standard InChI is InChI=1S/C24H23ClF4N2O/c1-14(2)12-31-13-15(3)22(17-4-6-19(25)7-5-17)23(31)30-21(32)10-16-8-18(24(27,28)29)11-20(26)9-16/h4-9,11,13-14H,10,12H2,1-3H3,(H,30,32). The Hall–Kier alpha value is -2.80. The number of anilines is 1. The molecule has 0 radical (unpaired) electrons. The van der Waals surface area contributed by atoms with E-state index in [2.05, 4.69) is 5.32 Å². The Morgan fingerprint density at radius 3 is 2.38 bits per heavy atom. The highest BCUT2D eigenvalue weighted by Gasteiger charge is 2.31. The summed E-state index contributed by atoms with van der Waals surface area (Å²) in [6.07, 6.45) is -3.17. The number of halogens is 5. The van der Waals surface area contributed by atoms with Crippen molar-refractivity contribution in [1.29, 1.82) is 0 Å². The van der Waals surface area contributed by atoms with Gasteiger partial charge in [0.1, 0.15) is 11.6 Å². The highest BCUT2D eigenvalue weighted by Crippen LogP contribution is 2.35. The van der Waals surface area contributed by atoms with Crippen LogP contribution in [0.25, 0.3) is 11.1 Å². The number of carbonyl (C=O) groups is 1. The van der Waals surface area contributed by atoms with Gasteiger partial charge in [0.2, 0.25) is 5.91 Å². The summed E-state index contributed by atoms with van der Waals surface area (Å²) in [7, 11) is 0. The monoisotopic (exact) mass is 466 g/mol. The zero-order valence-electron chi connectivity index (χ0n) is 17.9. The van der Waals surface area contributed by atoms with Crippen molar-refractivity contribution < 1.29 is 22.4 Å². The Bertz CT molecular complexity index is 1120. The van der Waals surface area contributed by atoms with E-state index in [1.165, 1.54) is 0 Å². The topological polar surface area (TPSA) is 34.0 Å². The molecule has 3 aromatic rings. The van der Waals surface area contributed by atoms with Crippen LogP contribution in [-0.2, 0) is 23.9 Å². The van der Waals surface area contributed by atoms with Gasteiger partial charge in [0.05, 0.1) is 12.0 Å². The van der Waals surface area contributed by atoms with Crippen molar-refractivity contribution in [1.82, 2.24) is 4.57 Å². The summed E-state index contributed by atoms with van der Waals surface area (Å²) in [4.78, 5) is 12.8. The Morgan fingerprint density at radius 1 is 1.12 bits per heavy atom. The van der Waals surface area contributed by atoms with Crippen molar-refractivity contribution in [2.45, 2.75) is 39.9 Å². The summed E-state index contributed by atoms with van der Waals surface area (Å²) >= 11 is 6.00. The van der Waals surface area contributed by atoms with Crippen LogP contribution in [0.3, 0.4) is 0 Å². The molecule has 0 bridgehead atoms. The molecule has 1 N–H and O–H groups in total. The number of hydrogen-bond donors (Lipinski definition) is 1. The molecule has 0 spiro atoms. The molecule has 0 fully saturated rings. The molecule has 3 rings (SSSR count). The van der Waals surface area contributed by atoms with Gasteiger partial charge >= 0.3 is 6.18 Å². The summed E-state index contributed by atoms with van der Waals surface area (Å²) in [6.45, 7) is 6.61. The Labute approximate surface area is 189 Å². The molecule has 0 aliphatic carbocycles. The second kappa shape index (κ2) is 9.36. The van der Waals surface area contributed by atoms with E-state index in [1.54, 1.807) is 12.1 Å². The fourth-order valence-corrected chi connectivity index (χ4v) is 3.75. The smallest absolute Gasteiger partial charge is 0.333 e. The van der Waals surface area contributed by atoms with Gasteiger partial charge in [-0.15, -0.1) is 0 Å². The average Bonchev–Trinajstić information content (AvgIpc) is 2.95. The van der Waals surface area contributed by atoms with Crippen LogP contribution in [0.1, 0.15) is 30.5 Å². The molecule has 2 aromatic carbocycles. The number of nitrogens with one attached hydrogen (secondary N) is 1. The maximum Gasteiger partial charge on any atom is 0.416 e. The van der Waals surface area contributed by atoms with Gasteiger partial charge in [-0.25, -0.2) is 4.39 Å². The average molecular weight is 467 g/mol. The number of aromatic nitrogens is 1. The lowest BCUT2D eigenvalue weighted by Gasteiger charge is -2.15. The van der Waals surface area contributed by atoms with E-state index in [0.29, 0.717) is 23.5 Å². The quantitative estimate of drug-likeness (QED) is 0.386. The van der Waals surface area contributed by atoms with E-state index in [-0.39, 0.29) is 11.5 Å². The summed E-state index contributed by atoms with van der Waals surface area (Å²) in [5.41, 5.74) is 1.39. The lowest BCUT2D eigenvalue weighted by molar-refractivity contribution is -0.137. The third-order valence-corrected chi connectivity index (χ3v) is 5.12. The number of hydrogen-bond acceptors (Lipinski definition) is 1. The van der Waals surface area contributed by atoms with Crippen LogP contribution in [0.15, 0.2) is 48.7 Å². The van der Waals surface area contributed by atoms with Gasteiger partial charge in [0.25, 0.3) is 0 Å². The maximum absolute atomic E-state index is 13.7. The summed E-state index contributed by atoms with van der Waals surface area (Å²) < 4.78 is 54.6. The van der Waals surface area contributed by atoms with E-state index in [1.807, 2.05) is 43.7 Å². The third kappa shape index (κ3) is 5.71. The molecule has 0 atom stereocenters. The van der Waals surface area contributed by atoms with Gasteiger partial charge in [0.15, 0.2) is 0 Å². The van der Waals surface area contributed by atoms with Crippen molar-refractivity contribution in [3.05, 3.63) is 76.2 Å². The van der Waals surface area contributed by atoms with Gasteiger partial charge in [-0.3, -0.25) is 4.79 Å². The summed E-state index contributed by atoms with van der Waals surface area (Å²) in [5.74, 6) is -0.755. The van der Waals surface area contributed by atoms with E-state index >= 15 is 0 Å². The summed E-state index contributed by atoms with van der Waals surface area (Å²) in [5, 5.41) is 3.41. The largest absolute Gasteiger partial charge is 0.416 e. The minimum Gasteiger partial charge on any atom is -0.333 e. The second-order valence-electron chi connectivity index (χ2n) is 8.16. The minimum absolute atomic E-state index is 0.0541. The van der Waals surface area contributed by atoms with E-state index < -0.39 is 29.9 Å². The normalized spacial score (nSPS) is 11.8. The van der Waals surface area contributed by atoms with Gasteiger partial charge in [-0.2, -0.15) is 13.2 Å². The molecular weight excluding hydrogens is 444 g/mol.